The average molecular weight is 368 g/mol. The monoisotopic (exact) mass is 368 g/mol. The van der Waals surface area contributed by atoms with E-state index >= 15 is 0 Å². The molecular weight excluding hydrogens is 355 g/mol. The maximum absolute atomic E-state index is 13.2. The van der Waals surface area contributed by atoms with Gasteiger partial charge in [-0.15, -0.1) is 11.3 Å². The lowest BCUT2D eigenvalue weighted by Gasteiger charge is -2.07. The molecule has 2 aromatic heterocycles. The van der Waals surface area contributed by atoms with E-state index in [1.807, 2.05) is 12.3 Å². The number of phenolic OH excluding ortho intramolecular Hbond substituents is 1. The molecule has 0 saturated carbocycles. The second-order valence-corrected chi connectivity index (χ2v) is 7.75. The van der Waals surface area contributed by atoms with Crippen molar-refractivity contribution in [3.8, 4) is 17.2 Å². The molecule has 0 aliphatic carbocycles. The summed E-state index contributed by atoms with van der Waals surface area (Å²) >= 11 is 1.48. The minimum Gasteiger partial charge on any atom is -0.507 e. The van der Waals surface area contributed by atoms with Gasteiger partial charge in [-0.05, 0) is 37.3 Å². The van der Waals surface area contributed by atoms with Crippen LogP contribution in [0.25, 0.3) is 11.5 Å². The minimum atomic E-state index is -4.08. The lowest BCUT2D eigenvalue weighted by atomic mass is 10.3. The van der Waals surface area contributed by atoms with Crippen molar-refractivity contribution >= 4 is 21.4 Å². The number of halogens is 1. The van der Waals surface area contributed by atoms with Crippen LogP contribution < -0.4 is 4.72 Å². The van der Waals surface area contributed by atoms with Gasteiger partial charge in [-0.2, -0.15) is 0 Å². The Morgan fingerprint density at radius 1 is 1.33 bits per heavy atom. The van der Waals surface area contributed by atoms with E-state index in [0.29, 0.717) is 17.2 Å². The van der Waals surface area contributed by atoms with E-state index in [2.05, 4.69) is 9.71 Å². The van der Waals surface area contributed by atoms with Gasteiger partial charge in [0.05, 0.1) is 11.6 Å². The first kappa shape index (κ1) is 16.6. The van der Waals surface area contributed by atoms with Crippen LogP contribution in [0.4, 0.5) is 4.39 Å². The summed E-state index contributed by atoms with van der Waals surface area (Å²) in [5.41, 5.74) is 0.675. The number of sulfonamides is 1. The molecule has 9 heteroatoms. The third-order valence-electron chi connectivity index (χ3n) is 3.18. The second-order valence-electron chi connectivity index (χ2n) is 4.95. The maximum atomic E-state index is 13.2. The topological polar surface area (TPSA) is 92.4 Å². The van der Waals surface area contributed by atoms with Crippen molar-refractivity contribution in [3.05, 3.63) is 52.3 Å². The summed E-state index contributed by atoms with van der Waals surface area (Å²) in [6, 6.07) is 6.03. The predicted molar refractivity (Wildman–Crippen MR) is 86.6 cm³/mol. The van der Waals surface area contributed by atoms with Gasteiger partial charge in [0.25, 0.3) is 0 Å². The van der Waals surface area contributed by atoms with E-state index in [-0.39, 0.29) is 6.54 Å². The normalized spacial score (nSPS) is 11.8. The summed E-state index contributed by atoms with van der Waals surface area (Å²) in [6.07, 6.45) is 0. The lowest BCUT2D eigenvalue weighted by molar-refractivity contribution is 0.453. The van der Waals surface area contributed by atoms with E-state index in [1.165, 1.54) is 11.3 Å². The number of furan rings is 1. The van der Waals surface area contributed by atoms with E-state index in [9.17, 15) is 17.9 Å². The zero-order chi connectivity index (χ0) is 17.3. The first-order chi connectivity index (χ1) is 11.3. The minimum absolute atomic E-state index is 0.137. The van der Waals surface area contributed by atoms with Gasteiger partial charge in [-0.25, -0.2) is 22.5 Å². The second kappa shape index (κ2) is 6.34. The molecule has 0 amide bonds. The number of aromatic nitrogens is 1. The SMILES string of the molecule is Cc1nc(-c2ccc(CNS(=O)(=O)c3cc(F)ccc3O)o2)cs1. The van der Waals surface area contributed by atoms with Crippen molar-refractivity contribution in [1.82, 2.24) is 9.71 Å². The van der Waals surface area contributed by atoms with Gasteiger partial charge in [-0.1, -0.05) is 0 Å². The van der Waals surface area contributed by atoms with Gasteiger partial charge in [0.1, 0.15) is 27.9 Å². The van der Waals surface area contributed by atoms with E-state index < -0.39 is 26.5 Å². The van der Waals surface area contributed by atoms with Crippen LogP contribution in [0.5, 0.6) is 5.75 Å². The Labute approximate surface area is 141 Å². The van der Waals surface area contributed by atoms with Crippen molar-refractivity contribution in [1.29, 1.82) is 0 Å². The summed E-state index contributed by atoms with van der Waals surface area (Å²) < 4.78 is 45.4. The predicted octanol–water partition coefficient (Wildman–Crippen LogP) is 3.03. The Hall–Kier alpha value is -2.23. The van der Waals surface area contributed by atoms with Gasteiger partial charge < -0.3 is 9.52 Å². The van der Waals surface area contributed by atoms with Crippen LogP contribution in [0.1, 0.15) is 10.8 Å². The summed E-state index contributed by atoms with van der Waals surface area (Å²) in [7, 11) is -4.08. The summed E-state index contributed by atoms with van der Waals surface area (Å²) in [5, 5.41) is 12.3. The molecule has 6 nitrogen and oxygen atoms in total. The highest BCUT2D eigenvalue weighted by Crippen LogP contribution is 2.25. The fourth-order valence-electron chi connectivity index (χ4n) is 2.03. The molecule has 0 fully saturated rings. The zero-order valence-corrected chi connectivity index (χ0v) is 14.1. The van der Waals surface area contributed by atoms with Crippen LogP contribution in [0.3, 0.4) is 0 Å². The highest BCUT2D eigenvalue weighted by molar-refractivity contribution is 7.89. The lowest BCUT2D eigenvalue weighted by Crippen LogP contribution is -2.23. The van der Waals surface area contributed by atoms with Gasteiger partial charge in [0.15, 0.2) is 5.76 Å². The summed E-state index contributed by atoms with van der Waals surface area (Å²) in [5.74, 6) is -0.383. The molecule has 3 aromatic rings. The maximum Gasteiger partial charge on any atom is 0.244 e. The molecule has 1 aromatic carbocycles. The third kappa shape index (κ3) is 3.48. The van der Waals surface area contributed by atoms with Gasteiger partial charge in [-0.3, -0.25) is 0 Å². The standard InChI is InChI=1S/C15H13FN2O4S2/c1-9-18-12(8-23-9)14-5-3-11(22-14)7-17-24(20,21)15-6-10(16)2-4-13(15)19/h2-6,8,17,19H,7H2,1H3. The number of hydrogen-bond donors (Lipinski definition) is 2. The van der Waals surface area contributed by atoms with Crippen molar-refractivity contribution < 1.29 is 22.3 Å². The molecule has 0 radical (unpaired) electrons. The summed E-state index contributed by atoms with van der Waals surface area (Å²) in [4.78, 5) is 3.76. The highest BCUT2D eigenvalue weighted by atomic mass is 32.2. The largest absolute Gasteiger partial charge is 0.507 e. The molecular formula is C15H13FN2O4S2. The van der Waals surface area contributed by atoms with E-state index in [4.69, 9.17) is 4.42 Å². The Morgan fingerprint density at radius 3 is 2.83 bits per heavy atom. The number of aromatic hydroxyl groups is 1. The fraction of sp³-hybridized carbons (Fsp3) is 0.133. The molecule has 0 spiro atoms. The molecule has 0 bridgehead atoms. The first-order valence-electron chi connectivity index (χ1n) is 6.84. The van der Waals surface area contributed by atoms with Crippen LogP contribution >= 0.6 is 11.3 Å². The Kier molecular flexibility index (Phi) is 4.39. The highest BCUT2D eigenvalue weighted by Gasteiger charge is 2.20. The van der Waals surface area contributed by atoms with Crippen LogP contribution in [-0.2, 0) is 16.6 Å². The number of nitrogens with zero attached hydrogens (tertiary/aromatic N) is 1. The van der Waals surface area contributed by atoms with Gasteiger partial charge >= 0.3 is 0 Å². The molecule has 24 heavy (non-hydrogen) atoms. The van der Waals surface area contributed by atoms with Gasteiger partial charge in [0.2, 0.25) is 10.0 Å². The number of thiazole rings is 1. The number of benzene rings is 1. The molecule has 126 valence electrons. The fourth-order valence-corrected chi connectivity index (χ4v) is 3.74. The van der Waals surface area contributed by atoms with Crippen molar-refractivity contribution in [2.45, 2.75) is 18.4 Å². The Bertz CT molecular complexity index is 979. The number of aryl methyl sites for hydroxylation is 1. The van der Waals surface area contributed by atoms with Gasteiger partial charge in [0, 0.05) is 5.38 Å². The first-order valence-corrected chi connectivity index (χ1v) is 9.21. The molecule has 0 aliphatic heterocycles. The third-order valence-corrected chi connectivity index (χ3v) is 5.38. The number of hydrogen-bond acceptors (Lipinski definition) is 6. The average Bonchev–Trinajstić information content (AvgIpc) is 3.16. The Balaban J connectivity index is 1.76. The molecule has 0 atom stereocenters. The van der Waals surface area contributed by atoms with Crippen LogP contribution in [-0.4, -0.2) is 18.5 Å². The Morgan fingerprint density at radius 2 is 2.12 bits per heavy atom. The van der Waals surface area contributed by atoms with Crippen LogP contribution in [0, 0.1) is 12.7 Å². The smallest absolute Gasteiger partial charge is 0.244 e. The molecule has 2 heterocycles. The number of nitrogens with one attached hydrogen (secondary N) is 1. The van der Waals surface area contributed by atoms with Crippen LogP contribution in [0.2, 0.25) is 0 Å². The molecule has 0 saturated heterocycles. The molecule has 0 unspecified atom stereocenters. The van der Waals surface area contributed by atoms with Crippen molar-refractivity contribution in [3.63, 3.8) is 0 Å². The van der Waals surface area contributed by atoms with Crippen molar-refractivity contribution in [2.24, 2.45) is 0 Å². The quantitative estimate of drug-likeness (QED) is 0.722. The molecule has 2 N–H and O–H groups in total. The van der Waals surface area contributed by atoms with Crippen LogP contribution in [0.15, 0.2) is 45.0 Å². The number of phenols is 1. The molecule has 3 rings (SSSR count). The summed E-state index contributed by atoms with van der Waals surface area (Å²) in [6.45, 7) is 1.74. The van der Waals surface area contributed by atoms with Crippen molar-refractivity contribution in [2.75, 3.05) is 0 Å². The number of rotatable bonds is 5. The van der Waals surface area contributed by atoms with E-state index in [1.54, 1.807) is 12.1 Å². The molecule has 0 aliphatic rings. The van der Waals surface area contributed by atoms with E-state index in [0.717, 1.165) is 23.2 Å². The zero-order valence-electron chi connectivity index (χ0n) is 12.5.